The van der Waals surface area contributed by atoms with Crippen molar-refractivity contribution in [2.45, 2.75) is 44.8 Å². The molecular formula is C14H16F3N5O. The molecule has 0 bridgehead atoms. The molecule has 0 radical (unpaired) electrons. The van der Waals surface area contributed by atoms with Crippen LogP contribution in [-0.2, 0) is 0 Å². The lowest BCUT2D eigenvalue weighted by atomic mass is 9.84. The first-order valence-corrected chi connectivity index (χ1v) is 7.42. The molecule has 2 atom stereocenters. The zero-order chi connectivity index (χ0) is 16.6. The molecule has 0 spiro atoms. The maximum absolute atomic E-state index is 13.1. The lowest BCUT2D eigenvalue weighted by Crippen LogP contribution is -2.47. The van der Waals surface area contributed by atoms with Crippen LogP contribution in [0.4, 0.5) is 13.2 Å². The van der Waals surface area contributed by atoms with Gasteiger partial charge in [0.15, 0.2) is 0 Å². The number of amides is 1. The van der Waals surface area contributed by atoms with Gasteiger partial charge in [-0.2, -0.15) is 18.2 Å². The fourth-order valence-electron chi connectivity index (χ4n) is 2.93. The Balaban J connectivity index is 1.80. The van der Waals surface area contributed by atoms with Crippen LogP contribution < -0.4 is 5.32 Å². The Morgan fingerprint density at radius 1 is 1.35 bits per heavy atom. The lowest BCUT2D eigenvalue weighted by molar-refractivity contribution is -0.187. The van der Waals surface area contributed by atoms with Gasteiger partial charge in [0.05, 0.1) is 5.92 Å². The molecule has 0 saturated heterocycles. The minimum atomic E-state index is -4.32. The Labute approximate surface area is 130 Å². The summed E-state index contributed by atoms with van der Waals surface area (Å²) in [6.07, 6.45) is -1.26. The van der Waals surface area contributed by atoms with Crippen LogP contribution in [0.5, 0.6) is 0 Å². The van der Waals surface area contributed by atoms with Crippen molar-refractivity contribution in [1.29, 1.82) is 0 Å². The number of carbonyl (C=O) groups excluding carboxylic acids is 1. The summed E-state index contributed by atoms with van der Waals surface area (Å²) in [4.78, 5) is 20.2. The number of aromatic nitrogens is 4. The van der Waals surface area contributed by atoms with E-state index in [0.29, 0.717) is 19.3 Å². The predicted molar refractivity (Wildman–Crippen MR) is 74.8 cm³/mol. The van der Waals surface area contributed by atoms with Gasteiger partial charge >= 0.3 is 6.18 Å². The van der Waals surface area contributed by atoms with Crippen LogP contribution in [0, 0.1) is 12.8 Å². The molecule has 1 aliphatic rings. The first-order chi connectivity index (χ1) is 10.9. The van der Waals surface area contributed by atoms with Crippen molar-refractivity contribution in [3.8, 4) is 0 Å². The van der Waals surface area contributed by atoms with Crippen LogP contribution in [0.15, 0.2) is 12.3 Å². The highest BCUT2D eigenvalue weighted by molar-refractivity contribution is 5.91. The number of hydrogen-bond acceptors (Lipinski definition) is 4. The van der Waals surface area contributed by atoms with Gasteiger partial charge in [-0.15, -0.1) is 5.10 Å². The Morgan fingerprint density at radius 3 is 2.78 bits per heavy atom. The Bertz CT molecular complexity index is 727. The minimum absolute atomic E-state index is 0.0354. The van der Waals surface area contributed by atoms with Crippen molar-refractivity contribution >= 4 is 11.7 Å². The van der Waals surface area contributed by atoms with Crippen LogP contribution in [-0.4, -0.2) is 37.7 Å². The summed E-state index contributed by atoms with van der Waals surface area (Å²) in [5.74, 6) is -2.14. The molecule has 6 nitrogen and oxygen atoms in total. The van der Waals surface area contributed by atoms with E-state index in [1.165, 1.54) is 10.7 Å². The second kappa shape index (κ2) is 5.78. The third-order valence-electron chi connectivity index (χ3n) is 4.14. The fraction of sp³-hybridized carbons (Fsp3) is 0.571. The third-order valence-corrected chi connectivity index (χ3v) is 4.14. The topological polar surface area (TPSA) is 72.2 Å². The summed E-state index contributed by atoms with van der Waals surface area (Å²) in [6, 6.07) is 0.765. The van der Waals surface area contributed by atoms with Crippen LogP contribution in [0.25, 0.3) is 5.78 Å². The van der Waals surface area contributed by atoms with Gasteiger partial charge in [-0.25, -0.2) is 9.50 Å². The number of halogens is 3. The molecule has 9 heteroatoms. The van der Waals surface area contributed by atoms with E-state index >= 15 is 0 Å². The van der Waals surface area contributed by atoms with E-state index in [9.17, 15) is 18.0 Å². The smallest absolute Gasteiger partial charge is 0.346 e. The zero-order valence-corrected chi connectivity index (χ0v) is 12.5. The second-order valence-electron chi connectivity index (χ2n) is 5.75. The molecule has 1 aliphatic carbocycles. The summed E-state index contributed by atoms with van der Waals surface area (Å²) in [6.45, 7) is 1.77. The first-order valence-electron chi connectivity index (χ1n) is 7.42. The normalized spacial score (nSPS) is 22.3. The van der Waals surface area contributed by atoms with Crippen molar-refractivity contribution in [2.24, 2.45) is 5.92 Å². The Hall–Kier alpha value is -2.19. The van der Waals surface area contributed by atoms with Crippen molar-refractivity contribution in [2.75, 3.05) is 0 Å². The highest BCUT2D eigenvalue weighted by atomic mass is 19.4. The van der Waals surface area contributed by atoms with Crippen molar-refractivity contribution in [1.82, 2.24) is 24.9 Å². The zero-order valence-electron chi connectivity index (χ0n) is 12.5. The third kappa shape index (κ3) is 3.13. The number of nitrogens with one attached hydrogen (secondary N) is 1. The average molecular weight is 327 g/mol. The summed E-state index contributed by atoms with van der Waals surface area (Å²) < 4.78 is 40.6. The number of rotatable bonds is 2. The second-order valence-corrected chi connectivity index (χ2v) is 5.75. The first kappa shape index (κ1) is 15.7. The van der Waals surface area contributed by atoms with E-state index in [1.807, 2.05) is 0 Å². The van der Waals surface area contributed by atoms with Crippen LogP contribution in [0.2, 0.25) is 0 Å². The summed E-state index contributed by atoms with van der Waals surface area (Å²) in [5, 5.41) is 6.46. The molecule has 1 N–H and O–H groups in total. The summed E-state index contributed by atoms with van der Waals surface area (Å²) in [5.41, 5.74) is 0.729. The van der Waals surface area contributed by atoms with Gasteiger partial charge in [0.2, 0.25) is 5.82 Å². The molecule has 1 fully saturated rings. The Morgan fingerprint density at radius 2 is 2.09 bits per heavy atom. The molecular weight excluding hydrogens is 311 g/mol. The Kier molecular flexibility index (Phi) is 3.95. The SMILES string of the molecule is Cc1ccnc2nc(C(=O)NC3CCCCC3C(F)(F)F)nn12. The van der Waals surface area contributed by atoms with Gasteiger partial charge in [-0.05, 0) is 25.8 Å². The van der Waals surface area contributed by atoms with E-state index in [0.717, 1.165) is 5.69 Å². The minimum Gasteiger partial charge on any atom is -0.346 e. The largest absolute Gasteiger partial charge is 0.393 e. The quantitative estimate of drug-likeness (QED) is 0.918. The van der Waals surface area contributed by atoms with Crippen LogP contribution in [0.3, 0.4) is 0 Å². The fourth-order valence-corrected chi connectivity index (χ4v) is 2.93. The molecule has 2 heterocycles. The van der Waals surface area contributed by atoms with Gasteiger partial charge in [0, 0.05) is 17.9 Å². The van der Waals surface area contributed by atoms with Crippen molar-refractivity contribution in [3.63, 3.8) is 0 Å². The number of nitrogens with zero attached hydrogens (tertiary/aromatic N) is 4. The molecule has 23 heavy (non-hydrogen) atoms. The number of aryl methyl sites for hydroxylation is 1. The van der Waals surface area contributed by atoms with Gasteiger partial charge in [-0.3, -0.25) is 4.79 Å². The van der Waals surface area contributed by atoms with Gasteiger partial charge in [0.1, 0.15) is 0 Å². The highest BCUT2D eigenvalue weighted by Gasteiger charge is 2.46. The van der Waals surface area contributed by atoms with E-state index in [-0.39, 0.29) is 18.0 Å². The number of hydrogen-bond donors (Lipinski definition) is 1. The number of alkyl halides is 3. The average Bonchev–Trinajstić information content (AvgIpc) is 2.92. The molecule has 0 aliphatic heterocycles. The van der Waals surface area contributed by atoms with Crippen molar-refractivity contribution < 1.29 is 18.0 Å². The molecule has 2 aromatic rings. The number of fused-ring (bicyclic) bond motifs is 1. The molecule has 124 valence electrons. The van der Waals surface area contributed by atoms with Crippen LogP contribution >= 0.6 is 0 Å². The van der Waals surface area contributed by atoms with Gasteiger partial charge in [0.25, 0.3) is 11.7 Å². The lowest BCUT2D eigenvalue weighted by Gasteiger charge is -2.33. The molecule has 3 rings (SSSR count). The monoisotopic (exact) mass is 327 g/mol. The van der Waals surface area contributed by atoms with E-state index < -0.39 is 24.0 Å². The van der Waals surface area contributed by atoms with Crippen LogP contribution in [0.1, 0.15) is 42.0 Å². The standard InChI is InChI=1S/C14H16F3N5O/c1-8-6-7-18-13-20-11(21-22(8)13)12(23)19-10-5-3-2-4-9(10)14(15,16)17/h6-7,9-10H,2-5H2,1H3,(H,19,23). The van der Waals surface area contributed by atoms with E-state index in [2.05, 4.69) is 20.4 Å². The van der Waals surface area contributed by atoms with E-state index in [4.69, 9.17) is 0 Å². The summed E-state index contributed by atoms with van der Waals surface area (Å²) in [7, 11) is 0. The molecule has 1 saturated carbocycles. The van der Waals surface area contributed by atoms with E-state index in [1.54, 1.807) is 13.0 Å². The molecule has 1 amide bonds. The summed E-state index contributed by atoms with van der Waals surface area (Å²) >= 11 is 0. The maximum atomic E-state index is 13.1. The van der Waals surface area contributed by atoms with Gasteiger partial charge in [-0.1, -0.05) is 12.8 Å². The number of carbonyl (C=O) groups is 1. The predicted octanol–water partition coefficient (Wildman–Crippen LogP) is 2.28. The van der Waals surface area contributed by atoms with Gasteiger partial charge < -0.3 is 5.32 Å². The van der Waals surface area contributed by atoms with Crippen molar-refractivity contribution in [3.05, 3.63) is 23.8 Å². The molecule has 2 aromatic heterocycles. The molecule has 2 unspecified atom stereocenters. The maximum Gasteiger partial charge on any atom is 0.393 e. The molecule has 0 aromatic carbocycles. The highest BCUT2D eigenvalue weighted by Crippen LogP contribution is 2.37.